The molecule has 0 aliphatic carbocycles. The summed E-state index contributed by atoms with van der Waals surface area (Å²) in [6, 6.07) is 17.9. The van der Waals surface area contributed by atoms with Gasteiger partial charge in [0.05, 0.1) is 18.9 Å². The number of aliphatic imine (C=N–C) groups is 1. The van der Waals surface area contributed by atoms with E-state index in [0.29, 0.717) is 10.9 Å². The Balaban J connectivity index is 1.56. The van der Waals surface area contributed by atoms with Gasteiger partial charge in [0.2, 0.25) is 0 Å². The third-order valence-corrected chi connectivity index (χ3v) is 5.24. The molecule has 138 valence electrons. The molecule has 0 aromatic heterocycles. The number of para-hydroxylation sites is 1. The lowest BCUT2D eigenvalue weighted by Crippen LogP contribution is -2.36. The zero-order valence-corrected chi connectivity index (χ0v) is 16.0. The summed E-state index contributed by atoms with van der Waals surface area (Å²) in [4.78, 5) is 21.4. The fraction of sp³-hybridized carbons (Fsp3) is 0.238. The van der Waals surface area contributed by atoms with Crippen LogP contribution in [-0.2, 0) is 9.53 Å². The normalized spacial score (nSPS) is 18.9. The minimum Gasteiger partial charge on any atom is -0.378 e. The summed E-state index contributed by atoms with van der Waals surface area (Å²) in [6.07, 6.45) is 3.78. The Labute approximate surface area is 163 Å². The molecule has 0 unspecified atom stereocenters. The second-order valence-corrected chi connectivity index (χ2v) is 7.07. The first-order chi connectivity index (χ1) is 13.3. The Bertz CT molecular complexity index is 872. The zero-order valence-electron chi connectivity index (χ0n) is 15.2. The summed E-state index contributed by atoms with van der Waals surface area (Å²) in [5, 5.41) is 0.697. The average Bonchev–Trinajstić information content (AvgIpc) is 3.05. The van der Waals surface area contributed by atoms with Gasteiger partial charge < -0.3 is 9.64 Å². The highest BCUT2D eigenvalue weighted by molar-refractivity contribution is 8.13. The van der Waals surface area contributed by atoms with Crippen LogP contribution >= 0.6 is 11.8 Å². The maximum atomic E-state index is 12.9. The summed E-state index contributed by atoms with van der Waals surface area (Å²) < 4.78 is 5.40. The van der Waals surface area contributed by atoms with E-state index in [4.69, 9.17) is 4.74 Å². The number of rotatable bonds is 3. The van der Waals surface area contributed by atoms with E-state index < -0.39 is 0 Å². The lowest BCUT2D eigenvalue weighted by Gasteiger charge is -2.28. The third kappa shape index (κ3) is 3.77. The molecule has 5 nitrogen and oxygen atoms in total. The van der Waals surface area contributed by atoms with Crippen molar-refractivity contribution in [2.24, 2.45) is 4.99 Å². The molecule has 2 aliphatic rings. The number of thioether (sulfide) groups is 1. The van der Waals surface area contributed by atoms with E-state index in [2.05, 4.69) is 22.0 Å². The van der Waals surface area contributed by atoms with Crippen molar-refractivity contribution in [2.45, 2.75) is 0 Å². The second kappa shape index (κ2) is 7.98. The Hall–Kier alpha value is -2.57. The van der Waals surface area contributed by atoms with Crippen LogP contribution in [0.4, 0.5) is 11.4 Å². The molecule has 2 aliphatic heterocycles. The Morgan fingerprint density at radius 2 is 1.70 bits per heavy atom. The van der Waals surface area contributed by atoms with Crippen LogP contribution in [-0.4, -0.2) is 43.6 Å². The average molecular weight is 379 g/mol. The van der Waals surface area contributed by atoms with Gasteiger partial charge in [0, 0.05) is 18.8 Å². The molecular formula is C21H21N3O2S. The van der Waals surface area contributed by atoms with E-state index >= 15 is 0 Å². The van der Waals surface area contributed by atoms with E-state index in [1.54, 1.807) is 4.90 Å². The molecule has 27 heavy (non-hydrogen) atoms. The number of ether oxygens (including phenoxy) is 1. The van der Waals surface area contributed by atoms with E-state index in [1.807, 2.05) is 54.8 Å². The third-order valence-electron chi connectivity index (χ3n) is 4.60. The van der Waals surface area contributed by atoms with Crippen molar-refractivity contribution in [3.05, 3.63) is 65.9 Å². The lowest BCUT2D eigenvalue weighted by molar-refractivity contribution is -0.113. The molecule has 2 aromatic carbocycles. The highest BCUT2D eigenvalue weighted by Gasteiger charge is 2.30. The minimum absolute atomic E-state index is 0.0946. The number of carbonyl (C=O) groups excluding carboxylic acids is 1. The quantitative estimate of drug-likeness (QED) is 0.764. The van der Waals surface area contributed by atoms with Crippen molar-refractivity contribution >= 4 is 40.3 Å². The SMILES string of the molecule is CSC1=NC(=Cc2ccc(N3CCOCC3)cc2)C(=O)N1c1ccccc1. The van der Waals surface area contributed by atoms with Gasteiger partial charge in [0.1, 0.15) is 5.70 Å². The highest BCUT2D eigenvalue weighted by Crippen LogP contribution is 2.28. The molecule has 6 heteroatoms. The molecule has 2 heterocycles. The fourth-order valence-corrected chi connectivity index (χ4v) is 3.76. The largest absolute Gasteiger partial charge is 0.378 e. The first-order valence-corrected chi connectivity index (χ1v) is 10.2. The molecule has 0 bridgehead atoms. The Morgan fingerprint density at radius 1 is 1.00 bits per heavy atom. The standard InChI is InChI=1S/C21H21N3O2S/c1-27-21-22-19(20(25)24(21)18-5-3-2-4-6-18)15-16-7-9-17(10-8-16)23-11-13-26-14-12-23/h2-10,15H,11-14H2,1H3. The molecule has 0 saturated carbocycles. The van der Waals surface area contributed by atoms with Crippen LogP contribution < -0.4 is 9.80 Å². The van der Waals surface area contributed by atoms with Gasteiger partial charge in [-0.3, -0.25) is 9.69 Å². The summed E-state index contributed by atoms with van der Waals surface area (Å²) in [7, 11) is 0. The van der Waals surface area contributed by atoms with Crippen LogP contribution in [0.5, 0.6) is 0 Å². The van der Waals surface area contributed by atoms with Gasteiger partial charge in [-0.05, 0) is 42.2 Å². The molecule has 2 aromatic rings. The molecule has 1 fully saturated rings. The van der Waals surface area contributed by atoms with E-state index in [1.165, 1.54) is 17.4 Å². The molecule has 1 saturated heterocycles. The molecule has 1 amide bonds. The number of amides is 1. The molecule has 0 spiro atoms. The number of benzene rings is 2. The van der Waals surface area contributed by atoms with Crippen molar-refractivity contribution in [3.63, 3.8) is 0 Å². The molecule has 0 atom stereocenters. The number of amidine groups is 1. The summed E-state index contributed by atoms with van der Waals surface area (Å²) in [5.74, 6) is -0.0946. The van der Waals surface area contributed by atoms with Gasteiger partial charge in [-0.25, -0.2) is 4.99 Å². The first kappa shape index (κ1) is 17.8. The Kier molecular flexibility index (Phi) is 5.27. The number of anilines is 2. The number of hydrogen-bond donors (Lipinski definition) is 0. The van der Waals surface area contributed by atoms with Gasteiger partial charge in [0.15, 0.2) is 5.17 Å². The van der Waals surface area contributed by atoms with Gasteiger partial charge in [-0.2, -0.15) is 0 Å². The minimum atomic E-state index is -0.0946. The number of nitrogens with zero attached hydrogens (tertiary/aromatic N) is 3. The van der Waals surface area contributed by atoms with E-state index in [0.717, 1.165) is 37.6 Å². The predicted molar refractivity (Wildman–Crippen MR) is 112 cm³/mol. The van der Waals surface area contributed by atoms with Gasteiger partial charge in [-0.1, -0.05) is 42.1 Å². The fourth-order valence-electron chi connectivity index (χ4n) is 3.20. The topological polar surface area (TPSA) is 45.1 Å². The Morgan fingerprint density at radius 3 is 2.37 bits per heavy atom. The molecule has 0 N–H and O–H groups in total. The molecule has 4 rings (SSSR count). The van der Waals surface area contributed by atoms with Gasteiger partial charge >= 0.3 is 0 Å². The van der Waals surface area contributed by atoms with Crippen molar-refractivity contribution in [1.29, 1.82) is 0 Å². The van der Waals surface area contributed by atoms with Crippen LogP contribution in [0.15, 0.2) is 65.3 Å². The van der Waals surface area contributed by atoms with Crippen molar-refractivity contribution in [1.82, 2.24) is 0 Å². The van der Waals surface area contributed by atoms with Crippen LogP contribution in [0.25, 0.3) is 6.08 Å². The lowest BCUT2D eigenvalue weighted by atomic mass is 10.1. The maximum absolute atomic E-state index is 12.9. The predicted octanol–water partition coefficient (Wildman–Crippen LogP) is 3.63. The second-order valence-electron chi connectivity index (χ2n) is 6.30. The molecule has 0 radical (unpaired) electrons. The maximum Gasteiger partial charge on any atom is 0.283 e. The van der Waals surface area contributed by atoms with Crippen molar-refractivity contribution in [3.8, 4) is 0 Å². The summed E-state index contributed by atoms with van der Waals surface area (Å²) >= 11 is 1.47. The van der Waals surface area contributed by atoms with Gasteiger partial charge in [0.25, 0.3) is 5.91 Å². The van der Waals surface area contributed by atoms with Crippen LogP contribution in [0, 0.1) is 0 Å². The monoisotopic (exact) mass is 379 g/mol. The highest BCUT2D eigenvalue weighted by atomic mass is 32.2. The number of hydrogen-bond acceptors (Lipinski definition) is 5. The van der Waals surface area contributed by atoms with Crippen LogP contribution in [0.2, 0.25) is 0 Å². The molecular weight excluding hydrogens is 358 g/mol. The van der Waals surface area contributed by atoms with Gasteiger partial charge in [-0.15, -0.1) is 0 Å². The summed E-state index contributed by atoms with van der Waals surface area (Å²) in [5.41, 5.74) is 3.44. The smallest absolute Gasteiger partial charge is 0.283 e. The van der Waals surface area contributed by atoms with Crippen molar-refractivity contribution < 1.29 is 9.53 Å². The van der Waals surface area contributed by atoms with Crippen molar-refractivity contribution in [2.75, 3.05) is 42.4 Å². The zero-order chi connectivity index (χ0) is 18.6. The number of morpholine rings is 1. The van der Waals surface area contributed by atoms with Crippen LogP contribution in [0.1, 0.15) is 5.56 Å². The number of carbonyl (C=O) groups is 1. The summed E-state index contributed by atoms with van der Waals surface area (Å²) in [6.45, 7) is 3.35. The van der Waals surface area contributed by atoms with E-state index in [-0.39, 0.29) is 5.91 Å². The van der Waals surface area contributed by atoms with Crippen LogP contribution in [0.3, 0.4) is 0 Å². The van der Waals surface area contributed by atoms with E-state index in [9.17, 15) is 4.79 Å². The first-order valence-electron chi connectivity index (χ1n) is 8.93.